The third kappa shape index (κ3) is 4.19. The minimum absolute atomic E-state index is 0.130. The number of anilines is 1. The van der Waals surface area contributed by atoms with E-state index in [4.69, 9.17) is 15.2 Å². The van der Waals surface area contributed by atoms with Crippen molar-refractivity contribution in [3.05, 3.63) is 48.2 Å². The number of nitrogens with one attached hydrogen (secondary N) is 1. The van der Waals surface area contributed by atoms with E-state index in [0.29, 0.717) is 23.9 Å². The summed E-state index contributed by atoms with van der Waals surface area (Å²) in [7, 11) is 1.55. The molecule has 6 heteroatoms. The number of benzene rings is 1. The Bertz CT molecular complexity index is 617. The Labute approximate surface area is 122 Å². The zero-order valence-corrected chi connectivity index (χ0v) is 11.7. The first-order valence-corrected chi connectivity index (χ1v) is 6.43. The molecule has 1 heterocycles. The number of aromatic nitrogens is 1. The van der Waals surface area contributed by atoms with Crippen LogP contribution in [-0.2, 0) is 11.3 Å². The molecule has 0 aliphatic carbocycles. The van der Waals surface area contributed by atoms with Crippen LogP contribution in [0.2, 0.25) is 0 Å². The van der Waals surface area contributed by atoms with Crippen molar-refractivity contribution in [2.24, 2.45) is 5.73 Å². The maximum atomic E-state index is 11.8. The number of carbonyl (C=O) groups is 1. The van der Waals surface area contributed by atoms with Crippen molar-refractivity contribution in [1.82, 2.24) is 4.98 Å². The molecule has 0 radical (unpaired) electrons. The quantitative estimate of drug-likeness (QED) is 0.842. The lowest BCUT2D eigenvalue weighted by Gasteiger charge is -2.10. The number of nitrogens with two attached hydrogens (primary N) is 1. The van der Waals surface area contributed by atoms with E-state index >= 15 is 0 Å². The first-order valence-electron chi connectivity index (χ1n) is 6.43. The number of amides is 1. The molecule has 0 saturated carbocycles. The minimum Gasteiger partial charge on any atom is -0.493 e. The number of carbonyl (C=O) groups excluding carboxylic acids is 1. The number of rotatable bonds is 6. The standard InChI is InChI=1S/C15H17N3O3/c1-20-12-4-2-3-5-13(12)21-10-15(19)18-14-8-11(9-16)6-7-17-14/h2-8H,9-10,16H2,1H3,(H,17,18,19). The molecule has 0 atom stereocenters. The summed E-state index contributed by atoms with van der Waals surface area (Å²) in [5.74, 6) is 1.24. The van der Waals surface area contributed by atoms with Crippen molar-refractivity contribution >= 4 is 11.7 Å². The van der Waals surface area contributed by atoms with Crippen LogP contribution < -0.4 is 20.5 Å². The molecular weight excluding hydrogens is 270 g/mol. The fraction of sp³-hybridized carbons (Fsp3) is 0.200. The lowest BCUT2D eigenvalue weighted by Crippen LogP contribution is -2.21. The number of pyridine rings is 1. The molecule has 0 unspecified atom stereocenters. The maximum absolute atomic E-state index is 11.8. The maximum Gasteiger partial charge on any atom is 0.263 e. The van der Waals surface area contributed by atoms with Gasteiger partial charge in [0.15, 0.2) is 18.1 Å². The molecule has 1 amide bonds. The second-order valence-electron chi connectivity index (χ2n) is 4.24. The molecule has 0 aliphatic heterocycles. The van der Waals surface area contributed by atoms with Crippen LogP contribution in [0, 0.1) is 0 Å². The molecule has 0 spiro atoms. The predicted octanol–water partition coefficient (Wildman–Crippen LogP) is 1.57. The fourth-order valence-electron chi connectivity index (χ4n) is 1.73. The second-order valence-corrected chi connectivity index (χ2v) is 4.24. The summed E-state index contributed by atoms with van der Waals surface area (Å²) in [4.78, 5) is 15.9. The van der Waals surface area contributed by atoms with Crippen LogP contribution in [0.25, 0.3) is 0 Å². The summed E-state index contributed by atoms with van der Waals surface area (Å²) in [5.41, 5.74) is 6.43. The highest BCUT2D eigenvalue weighted by Gasteiger charge is 2.08. The molecule has 3 N–H and O–H groups in total. The van der Waals surface area contributed by atoms with Gasteiger partial charge in [-0.25, -0.2) is 4.98 Å². The van der Waals surface area contributed by atoms with Crippen molar-refractivity contribution in [2.75, 3.05) is 19.0 Å². The van der Waals surface area contributed by atoms with E-state index in [1.807, 2.05) is 12.1 Å². The monoisotopic (exact) mass is 287 g/mol. The van der Waals surface area contributed by atoms with Gasteiger partial charge in [-0.1, -0.05) is 12.1 Å². The van der Waals surface area contributed by atoms with Gasteiger partial charge in [-0.2, -0.15) is 0 Å². The molecule has 0 fully saturated rings. The van der Waals surface area contributed by atoms with Gasteiger partial charge in [0.1, 0.15) is 5.82 Å². The van der Waals surface area contributed by atoms with E-state index in [0.717, 1.165) is 5.56 Å². The summed E-state index contributed by atoms with van der Waals surface area (Å²) in [5, 5.41) is 2.65. The normalized spacial score (nSPS) is 10.0. The van der Waals surface area contributed by atoms with Crippen LogP contribution >= 0.6 is 0 Å². The van der Waals surface area contributed by atoms with Crippen molar-refractivity contribution in [3.63, 3.8) is 0 Å². The highest BCUT2D eigenvalue weighted by molar-refractivity contribution is 5.91. The Morgan fingerprint density at radius 3 is 2.76 bits per heavy atom. The van der Waals surface area contributed by atoms with Gasteiger partial charge in [-0.3, -0.25) is 4.79 Å². The average Bonchev–Trinajstić information content (AvgIpc) is 2.53. The Balaban J connectivity index is 1.92. The number of methoxy groups -OCH3 is 1. The van der Waals surface area contributed by atoms with E-state index in [2.05, 4.69) is 10.3 Å². The van der Waals surface area contributed by atoms with Gasteiger partial charge in [0.05, 0.1) is 7.11 Å². The molecular formula is C15H17N3O3. The van der Waals surface area contributed by atoms with Gasteiger partial charge in [-0.15, -0.1) is 0 Å². The highest BCUT2D eigenvalue weighted by atomic mass is 16.5. The smallest absolute Gasteiger partial charge is 0.263 e. The van der Waals surface area contributed by atoms with E-state index in [9.17, 15) is 4.79 Å². The zero-order valence-electron chi connectivity index (χ0n) is 11.7. The molecule has 1 aromatic carbocycles. The zero-order chi connectivity index (χ0) is 15.1. The molecule has 110 valence electrons. The van der Waals surface area contributed by atoms with Gasteiger partial charge in [-0.05, 0) is 29.8 Å². The van der Waals surface area contributed by atoms with Gasteiger partial charge in [0.2, 0.25) is 0 Å². The number of ether oxygens (including phenoxy) is 2. The SMILES string of the molecule is COc1ccccc1OCC(=O)Nc1cc(CN)ccn1. The van der Waals surface area contributed by atoms with Crippen molar-refractivity contribution in [1.29, 1.82) is 0 Å². The largest absolute Gasteiger partial charge is 0.493 e. The molecule has 1 aromatic heterocycles. The van der Waals surface area contributed by atoms with Gasteiger partial charge in [0, 0.05) is 12.7 Å². The van der Waals surface area contributed by atoms with E-state index in [1.54, 1.807) is 37.6 Å². The Kier molecular flexibility index (Phi) is 5.11. The predicted molar refractivity (Wildman–Crippen MR) is 79.2 cm³/mol. The van der Waals surface area contributed by atoms with Crippen molar-refractivity contribution < 1.29 is 14.3 Å². The van der Waals surface area contributed by atoms with Crippen LogP contribution in [0.5, 0.6) is 11.5 Å². The van der Waals surface area contributed by atoms with Crippen molar-refractivity contribution in [2.45, 2.75) is 6.54 Å². The first kappa shape index (κ1) is 14.8. The van der Waals surface area contributed by atoms with Gasteiger partial charge < -0.3 is 20.5 Å². The Hall–Kier alpha value is -2.60. The molecule has 21 heavy (non-hydrogen) atoms. The van der Waals surface area contributed by atoms with E-state index in [-0.39, 0.29) is 12.5 Å². The summed E-state index contributed by atoms with van der Waals surface area (Å²) < 4.78 is 10.6. The Morgan fingerprint density at radius 2 is 2.05 bits per heavy atom. The van der Waals surface area contributed by atoms with Gasteiger partial charge in [0.25, 0.3) is 5.91 Å². The van der Waals surface area contributed by atoms with E-state index < -0.39 is 0 Å². The molecule has 2 rings (SSSR count). The van der Waals surface area contributed by atoms with Crippen LogP contribution in [0.3, 0.4) is 0 Å². The van der Waals surface area contributed by atoms with Crippen molar-refractivity contribution in [3.8, 4) is 11.5 Å². The minimum atomic E-state index is -0.303. The van der Waals surface area contributed by atoms with Crippen LogP contribution in [-0.4, -0.2) is 24.6 Å². The molecule has 0 bridgehead atoms. The van der Waals surface area contributed by atoms with Crippen LogP contribution in [0.1, 0.15) is 5.56 Å². The van der Waals surface area contributed by atoms with Gasteiger partial charge >= 0.3 is 0 Å². The Morgan fingerprint density at radius 1 is 1.29 bits per heavy atom. The molecule has 0 saturated heterocycles. The lowest BCUT2D eigenvalue weighted by atomic mass is 10.2. The topological polar surface area (TPSA) is 86.5 Å². The summed E-state index contributed by atoms with van der Waals surface area (Å²) in [6, 6.07) is 10.6. The fourth-order valence-corrected chi connectivity index (χ4v) is 1.73. The molecule has 2 aromatic rings. The first-order chi connectivity index (χ1) is 10.2. The highest BCUT2D eigenvalue weighted by Crippen LogP contribution is 2.25. The third-order valence-electron chi connectivity index (χ3n) is 2.76. The number of nitrogens with zero attached hydrogens (tertiary/aromatic N) is 1. The number of hydrogen-bond donors (Lipinski definition) is 2. The third-order valence-corrected chi connectivity index (χ3v) is 2.76. The molecule has 0 aliphatic rings. The summed E-state index contributed by atoms with van der Waals surface area (Å²) in [6.45, 7) is 0.262. The van der Waals surface area contributed by atoms with Crippen LogP contribution in [0.4, 0.5) is 5.82 Å². The number of hydrogen-bond acceptors (Lipinski definition) is 5. The van der Waals surface area contributed by atoms with E-state index in [1.165, 1.54) is 0 Å². The second kappa shape index (κ2) is 7.25. The average molecular weight is 287 g/mol. The molecule has 6 nitrogen and oxygen atoms in total. The lowest BCUT2D eigenvalue weighted by molar-refractivity contribution is -0.118. The number of para-hydroxylation sites is 2. The summed E-state index contributed by atoms with van der Waals surface area (Å²) in [6.07, 6.45) is 1.60. The summed E-state index contributed by atoms with van der Waals surface area (Å²) >= 11 is 0. The van der Waals surface area contributed by atoms with Crippen LogP contribution in [0.15, 0.2) is 42.6 Å².